The molecular formula is C15H13ClO. The number of halogens is 1. The Bertz CT molecular complexity index is 515. The summed E-state index contributed by atoms with van der Waals surface area (Å²) in [5.41, 5.74) is 2.18. The molecule has 2 aromatic carbocycles. The highest BCUT2D eigenvalue weighted by Crippen LogP contribution is 2.16. The molecule has 0 aliphatic carbocycles. The lowest BCUT2D eigenvalue weighted by Gasteiger charge is -1.99. The van der Waals surface area contributed by atoms with Crippen LogP contribution in [0, 0.1) is 0 Å². The molecule has 0 spiro atoms. The monoisotopic (exact) mass is 244 g/mol. The van der Waals surface area contributed by atoms with Crippen LogP contribution < -0.4 is 0 Å². The predicted octanol–water partition coefficient (Wildman–Crippen LogP) is 4.30. The SMILES string of the molecule is Oc1ccc(C=CCc2ccccc2Cl)cc1. The summed E-state index contributed by atoms with van der Waals surface area (Å²) in [5.74, 6) is 0.285. The van der Waals surface area contributed by atoms with Crippen molar-refractivity contribution >= 4 is 17.7 Å². The number of rotatable bonds is 3. The van der Waals surface area contributed by atoms with Crippen molar-refractivity contribution in [3.05, 3.63) is 70.8 Å². The van der Waals surface area contributed by atoms with E-state index in [1.165, 1.54) is 0 Å². The van der Waals surface area contributed by atoms with Crippen molar-refractivity contribution in [3.63, 3.8) is 0 Å². The molecular weight excluding hydrogens is 232 g/mol. The van der Waals surface area contributed by atoms with E-state index in [0.29, 0.717) is 0 Å². The van der Waals surface area contributed by atoms with Gasteiger partial charge in [0.15, 0.2) is 0 Å². The average molecular weight is 245 g/mol. The summed E-state index contributed by atoms with van der Waals surface area (Å²) in [4.78, 5) is 0. The minimum absolute atomic E-state index is 0.285. The molecule has 0 atom stereocenters. The van der Waals surface area contributed by atoms with Crippen molar-refractivity contribution in [2.75, 3.05) is 0 Å². The first-order valence-electron chi connectivity index (χ1n) is 5.45. The highest BCUT2D eigenvalue weighted by molar-refractivity contribution is 6.31. The highest BCUT2D eigenvalue weighted by Gasteiger charge is 1.95. The molecule has 2 heteroatoms. The van der Waals surface area contributed by atoms with Gasteiger partial charge in [0, 0.05) is 5.02 Å². The third-order valence-electron chi connectivity index (χ3n) is 2.50. The molecule has 1 nitrogen and oxygen atoms in total. The quantitative estimate of drug-likeness (QED) is 0.854. The Morgan fingerprint density at radius 3 is 2.41 bits per heavy atom. The molecule has 0 bridgehead atoms. The van der Waals surface area contributed by atoms with Crippen LogP contribution in [0.15, 0.2) is 54.6 Å². The molecule has 0 fully saturated rings. The van der Waals surface area contributed by atoms with E-state index in [2.05, 4.69) is 6.08 Å². The highest BCUT2D eigenvalue weighted by atomic mass is 35.5. The molecule has 2 aromatic rings. The van der Waals surface area contributed by atoms with Crippen LogP contribution in [0.3, 0.4) is 0 Å². The first-order chi connectivity index (χ1) is 8.25. The molecule has 0 aliphatic rings. The van der Waals surface area contributed by atoms with E-state index >= 15 is 0 Å². The summed E-state index contributed by atoms with van der Waals surface area (Å²) in [6, 6.07) is 14.9. The summed E-state index contributed by atoms with van der Waals surface area (Å²) >= 11 is 6.06. The zero-order chi connectivity index (χ0) is 12.1. The Morgan fingerprint density at radius 1 is 1.00 bits per heavy atom. The van der Waals surface area contributed by atoms with Gasteiger partial charge in [-0.1, -0.05) is 54.1 Å². The van der Waals surface area contributed by atoms with Crippen LogP contribution in [0.4, 0.5) is 0 Å². The third-order valence-corrected chi connectivity index (χ3v) is 2.87. The Hall–Kier alpha value is -1.73. The van der Waals surface area contributed by atoms with Gasteiger partial charge in [0.25, 0.3) is 0 Å². The average Bonchev–Trinajstić information content (AvgIpc) is 2.34. The number of benzene rings is 2. The van der Waals surface area contributed by atoms with Gasteiger partial charge in [-0.15, -0.1) is 0 Å². The summed E-state index contributed by atoms with van der Waals surface area (Å²) in [5, 5.41) is 9.95. The van der Waals surface area contributed by atoms with Gasteiger partial charge >= 0.3 is 0 Å². The summed E-state index contributed by atoms with van der Waals surface area (Å²) in [6.07, 6.45) is 4.89. The molecule has 0 heterocycles. The van der Waals surface area contributed by atoms with Gasteiger partial charge in [0.1, 0.15) is 5.75 Å². The van der Waals surface area contributed by atoms with Gasteiger partial charge in [-0.05, 0) is 35.7 Å². The van der Waals surface area contributed by atoms with Gasteiger partial charge in [-0.2, -0.15) is 0 Å². The number of phenols is 1. The van der Waals surface area contributed by atoms with Crippen molar-refractivity contribution in [3.8, 4) is 5.75 Å². The molecule has 86 valence electrons. The number of hydrogen-bond donors (Lipinski definition) is 1. The fourth-order valence-corrected chi connectivity index (χ4v) is 1.78. The third kappa shape index (κ3) is 3.36. The van der Waals surface area contributed by atoms with Crippen LogP contribution in [0.25, 0.3) is 6.08 Å². The molecule has 1 N–H and O–H groups in total. The van der Waals surface area contributed by atoms with Gasteiger partial charge in [-0.25, -0.2) is 0 Å². The molecule has 0 aliphatic heterocycles. The van der Waals surface area contributed by atoms with E-state index < -0.39 is 0 Å². The zero-order valence-electron chi connectivity index (χ0n) is 9.31. The minimum atomic E-state index is 0.285. The van der Waals surface area contributed by atoms with Crippen LogP contribution in [-0.2, 0) is 6.42 Å². The molecule has 0 saturated carbocycles. The molecule has 0 aromatic heterocycles. The smallest absolute Gasteiger partial charge is 0.115 e. The van der Waals surface area contributed by atoms with Crippen molar-refractivity contribution in [1.29, 1.82) is 0 Å². The maximum atomic E-state index is 9.15. The van der Waals surface area contributed by atoms with Crippen LogP contribution in [0.5, 0.6) is 5.75 Å². The normalized spacial score (nSPS) is 10.9. The maximum absolute atomic E-state index is 9.15. The van der Waals surface area contributed by atoms with Crippen molar-refractivity contribution in [1.82, 2.24) is 0 Å². The lowest BCUT2D eigenvalue weighted by Crippen LogP contribution is -1.81. The van der Waals surface area contributed by atoms with Crippen LogP contribution in [0.2, 0.25) is 5.02 Å². The van der Waals surface area contributed by atoms with Gasteiger partial charge < -0.3 is 5.11 Å². The molecule has 17 heavy (non-hydrogen) atoms. The fourth-order valence-electron chi connectivity index (χ4n) is 1.57. The second kappa shape index (κ2) is 5.55. The van der Waals surface area contributed by atoms with Crippen LogP contribution in [0.1, 0.15) is 11.1 Å². The van der Waals surface area contributed by atoms with E-state index in [0.717, 1.165) is 22.6 Å². The molecule has 0 radical (unpaired) electrons. The number of hydrogen-bond acceptors (Lipinski definition) is 1. The Balaban J connectivity index is 2.03. The molecule has 0 saturated heterocycles. The van der Waals surface area contributed by atoms with E-state index in [4.69, 9.17) is 16.7 Å². The number of aromatic hydroxyl groups is 1. The number of allylic oxidation sites excluding steroid dienone is 1. The minimum Gasteiger partial charge on any atom is -0.508 e. The van der Waals surface area contributed by atoms with Crippen molar-refractivity contribution in [2.45, 2.75) is 6.42 Å². The van der Waals surface area contributed by atoms with Gasteiger partial charge in [0.05, 0.1) is 0 Å². The second-order valence-electron chi connectivity index (χ2n) is 3.79. The Kier molecular flexibility index (Phi) is 3.84. The summed E-state index contributed by atoms with van der Waals surface area (Å²) in [6.45, 7) is 0. The first kappa shape index (κ1) is 11.7. The second-order valence-corrected chi connectivity index (χ2v) is 4.20. The Labute approximate surface area is 106 Å². The van der Waals surface area contributed by atoms with E-state index in [-0.39, 0.29) is 5.75 Å². The maximum Gasteiger partial charge on any atom is 0.115 e. The van der Waals surface area contributed by atoms with Crippen molar-refractivity contribution in [2.24, 2.45) is 0 Å². The Morgan fingerprint density at radius 2 is 1.71 bits per heavy atom. The topological polar surface area (TPSA) is 20.2 Å². The first-order valence-corrected chi connectivity index (χ1v) is 5.82. The molecule has 2 rings (SSSR count). The number of phenolic OH excluding ortho intramolecular Hbond substituents is 1. The van der Waals surface area contributed by atoms with Crippen LogP contribution >= 0.6 is 11.6 Å². The van der Waals surface area contributed by atoms with E-state index in [1.807, 2.05) is 42.5 Å². The standard InChI is InChI=1S/C15H13ClO/c16-15-7-2-1-5-13(15)6-3-4-12-8-10-14(17)11-9-12/h1-5,7-11,17H,6H2. The zero-order valence-corrected chi connectivity index (χ0v) is 10.1. The van der Waals surface area contributed by atoms with E-state index in [1.54, 1.807) is 12.1 Å². The molecule has 0 amide bonds. The van der Waals surface area contributed by atoms with E-state index in [9.17, 15) is 0 Å². The summed E-state index contributed by atoms with van der Waals surface area (Å²) < 4.78 is 0. The van der Waals surface area contributed by atoms with Gasteiger partial charge in [0.2, 0.25) is 0 Å². The molecule has 0 unspecified atom stereocenters. The largest absolute Gasteiger partial charge is 0.508 e. The fraction of sp³-hybridized carbons (Fsp3) is 0.0667. The van der Waals surface area contributed by atoms with Crippen molar-refractivity contribution < 1.29 is 5.11 Å². The summed E-state index contributed by atoms with van der Waals surface area (Å²) in [7, 11) is 0. The van der Waals surface area contributed by atoms with Gasteiger partial charge in [-0.3, -0.25) is 0 Å². The van der Waals surface area contributed by atoms with Crippen LogP contribution in [-0.4, -0.2) is 5.11 Å². The predicted molar refractivity (Wildman–Crippen MR) is 72.3 cm³/mol. The lowest BCUT2D eigenvalue weighted by molar-refractivity contribution is 0.475. The lowest BCUT2D eigenvalue weighted by atomic mass is 10.1.